The van der Waals surface area contributed by atoms with Crippen LogP contribution in [0, 0.1) is 5.41 Å². The number of aliphatic hydroxyl groups excluding tert-OH is 3. The van der Waals surface area contributed by atoms with E-state index in [1.54, 1.807) is 13.8 Å². The number of hydrogen-bond acceptors (Lipinski definition) is 7. The topological polar surface area (TPSA) is 121 Å². The summed E-state index contributed by atoms with van der Waals surface area (Å²) in [6, 6.07) is 0. The van der Waals surface area contributed by atoms with Crippen molar-refractivity contribution in [1.82, 2.24) is 0 Å². The molecule has 3 aliphatic rings. The molecule has 1 aliphatic heterocycles. The first-order valence-electron chi connectivity index (χ1n) is 8.23. The summed E-state index contributed by atoms with van der Waals surface area (Å²) in [5.41, 5.74) is -1.31. The van der Waals surface area contributed by atoms with Gasteiger partial charge in [-0.3, -0.25) is 14.4 Å². The minimum absolute atomic E-state index is 0.0518. The van der Waals surface area contributed by atoms with E-state index in [1.165, 1.54) is 13.8 Å². The lowest BCUT2D eigenvalue weighted by Gasteiger charge is -2.34. The summed E-state index contributed by atoms with van der Waals surface area (Å²) in [4.78, 5) is 36.3. The molecule has 3 N–H and O–H groups in total. The summed E-state index contributed by atoms with van der Waals surface area (Å²) in [6.45, 7) is 5.55. The smallest absolute Gasteiger partial charge is 0.173 e. The number of carbonyl (C=O) groups is 3. The van der Waals surface area contributed by atoms with Gasteiger partial charge in [0.05, 0.1) is 16.6 Å². The summed E-state index contributed by atoms with van der Waals surface area (Å²) >= 11 is 0. The highest BCUT2D eigenvalue weighted by atomic mass is 16.5. The van der Waals surface area contributed by atoms with Crippen molar-refractivity contribution in [1.29, 1.82) is 0 Å². The van der Waals surface area contributed by atoms with E-state index in [0.717, 1.165) is 0 Å². The van der Waals surface area contributed by atoms with E-state index in [0.29, 0.717) is 5.57 Å². The summed E-state index contributed by atoms with van der Waals surface area (Å²) in [5.74, 6) is -2.64. The average molecular weight is 360 g/mol. The highest BCUT2D eigenvalue weighted by Gasteiger charge is 2.59. The third kappa shape index (κ3) is 2.16. The predicted molar refractivity (Wildman–Crippen MR) is 90.2 cm³/mol. The molecule has 0 aromatic heterocycles. The van der Waals surface area contributed by atoms with Gasteiger partial charge in [-0.25, -0.2) is 0 Å². The van der Waals surface area contributed by atoms with Gasteiger partial charge in [0, 0.05) is 12.8 Å². The molecule has 0 bridgehead atoms. The Bertz CT molecular complexity index is 897. The molecule has 2 atom stereocenters. The molecule has 1 saturated heterocycles. The lowest BCUT2D eigenvalue weighted by molar-refractivity contribution is -0.124. The molecular weight excluding hydrogens is 340 g/mol. The van der Waals surface area contributed by atoms with Crippen LogP contribution in [0.25, 0.3) is 0 Å². The average Bonchev–Trinajstić information content (AvgIpc) is 2.75. The van der Waals surface area contributed by atoms with Gasteiger partial charge in [-0.05, 0) is 33.3 Å². The molecule has 0 aromatic rings. The van der Waals surface area contributed by atoms with Crippen LogP contribution in [0.2, 0.25) is 0 Å². The second kappa shape index (κ2) is 5.59. The van der Waals surface area contributed by atoms with Crippen LogP contribution in [0.1, 0.15) is 40.5 Å². The van der Waals surface area contributed by atoms with E-state index in [4.69, 9.17) is 4.74 Å². The molecule has 2 aliphatic carbocycles. The van der Waals surface area contributed by atoms with Crippen molar-refractivity contribution in [2.45, 2.75) is 46.6 Å². The van der Waals surface area contributed by atoms with Gasteiger partial charge in [-0.15, -0.1) is 0 Å². The lowest BCUT2D eigenvalue weighted by atomic mass is 9.68. The maximum absolute atomic E-state index is 12.3. The second-order valence-electron chi connectivity index (χ2n) is 7.10. The van der Waals surface area contributed by atoms with Crippen LogP contribution < -0.4 is 0 Å². The molecule has 2 unspecified atom stereocenters. The van der Waals surface area contributed by atoms with Gasteiger partial charge in [-0.1, -0.05) is 0 Å². The van der Waals surface area contributed by atoms with Gasteiger partial charge < -0.3 is 20.1 Å². The Morgan fingerprint density at radius 1 is 1.12 bits per heavy atom. The van der Waals surface area contributed by atoms with Crippen LogP contribution in [-0.4, -0.2) is 38.8 Å². The largest absolute Gasteiger partial charge is 0.512 e. The number of hydrogen-bond donors (Lipinski definition) is 3. The number of allylic oxidation sites excluding steroid dienone is 4. The monoisotopic (exact) mass is 360 g/mol. The Hall–Kier alpha value is -2.83. The molecule has 0 amide bonds. The van der Waals surface area contributed by atoms with Crippen molar-refractivity contribution >= 4 is 17.3 Å². The molecule has 0 aromatic carbocycles. The minimum atomic E-state index is -1.38. The zero-order chi connectivity index (χ0) is 19.5. The zero-order valence-corrected chi connectivity index (χ0v) is 15.0. The number of fused-ring (bicyclic) bond motifs is 3. The highest BCUT2D eigenvalue weighted by molar-refractivity contribution is 6.20. The predicted octanol–water partition coefficient (Wildman–Crippen LogP) is 2.66. The Kier molecular flexibility index (Phi) is 3.86. The van der Waals surface area contributed by atoms with Gasteiger partial charge in [-0.2, -0.15) is 0 Å². The maximum Gasteiger partial charge on any atom is 0.173 e. The highest BCUT2D eigenvalue weighted by Crippen LogP contribution is 2.57. The number of ether oxygens (including phenoxy) is 1. The maximum atomic E-state index is 12.3. The Morgan fingerprint density at radius 2 is 1.69 bits per heavy atom. The van der Waals surface area contributed by atoms with Crippen molar-refractivity contribution in [2.75, 3.05) is 0 Å². The molecule has 1 heterocycles. The first-order valence-corrected chi connectivity index (χ1v) is 8.23. The Labute approximate surface area is 150 Å². The number of carbonyl (C=O) groups excluding carboxylic acids is 3. The Morgan fingerprint density at radius 3 is 2.23 bits per heavy atom. The second-order valence-corrected chi connectivity index (χ2v) is 7.10. The standard InChI is InChI=1S/C19H20O7/c1-7-5-11(23)15-17(14(9(3)21)16(7)24)26-12-6-10(22)13(8(2)20)18(25)19(12,15)4/h12,23-25H,5-6H2,1-4H3. The fourth-order valence-corrected chi connectivity index (χ4v) is 3.94. The SMILES string of the molecule is CC(=O)C1=C2OC3CC(=O)C(C(C)=O)=C(O)C3(C)C2=C(O)CC(C)=C1O. The fourth-order valence-electron chi connectivity index (χ4n) is 3.94. The molecule has 1 fully saturated rings. The molecule has 0 radical (unpaired) electrons. The summed E-state index contributed by atoms with van der Waals surface area (Å²) < 4.78 is 5.80. The van der Waals surface area contributed by atoms with E-state index in [9.17, 15) is 29.7 Å². The van der Waals surface area contributed by atoms with Crippen molar-refractivity contribution in [3.8, 4) is 0 Å². The Balaban J connectivity index is 2.38. The van der Waals surface area contributed by atoms with Crippen molar-refractivity contribution in [3.05, 3.63) is 45.3 Å². The number of rotatable bonds is 2. The quantitative estimate of drug-likeness (QED) is 0.647. The van der Waals surface area contributed by atoms with Crippen molar-refractivity contribution < 1.29 is 34.4 Å². The molecule has 138 valence electrons. The number of aliphatic hydroxyl groups is 3. The first kappa shape index (κ1) is 18.0. The summed E-state index contributed by atoms with van der Waals surface area (Å²) in [7, 11) is 0. The van der Waals surface area contributed by atoms with Crippen LogP contribution in [0.15, 0.2) is 45.3 Å². The van der Waals surface area contributed by atoms with Crippen LogP contribution in [-0.2, 0) is 19.1 Å². The third-order valence-electron chi connectivity index (χ3n) is 5.32. The van der Waals surface area contributed by atoms with E-state index in [-0.39, 0.29) is 46.8 Å². The van der Waals surface area contributed by atoms with Crippen LogP contribution in [0.4, 0.5) is 0 Å². The van der Waals surface area contributed by atoms with Crippen LogP contribution in [0.5, 0.6) is 0 Å². The van der Waals surface area contributed by atoms with E-state index in [2.05, 4.69) is 0 Å². The molecular formula is C19H20O7. The summed E-state index contributed by atoms with van der Waals surface area (Å²) in [6.07, 6.45) is -1.14. The number of ketones is 3. The van der Waals surface area contributed by atoms with Crippen LogP contribution >= 0.6 is 0 Å². The van der Waals surface area contributed by atoms with E-state index in [1.807, 2.05) is 0 Å². The van der Waals surface area contributed by atoms with Gasteiger partial charge in [0.1, 0.15) is 34.7 Å². The van der Waals surface area contributed by atoms with Gasteiger partial charge in [0.15, 0.2) is 17.3 Å². The lowest BCUT2D eigenvalue weighted by Crippen LogP contribution is -2.41. The van der Waals surface area contributed by atoms with Crippen molar-refractivity contribution in [3.63, 3.8) is 0 Å². The first-order chi connectivity index (χ1) is 12.0. The molecule has 3 rings (SSSR count). The minimum Gasteiger partial charge on any atom is -0.512 e. The number of Topliss-reactive ketones (excluding diaryl/α,β-unsaturated/α-hetero) is 3. The summed E-state index contributed by atoms with van der Waals surface area (Å²) in [5, 5.41) is 31.9. The van der Waals surface area contributed by atoms with Gasteiger partial charge in [0.25, 0.3) is 0 Å². The third-order valence-corrected chi connectivity index (χ3v) is 5.32. The van der Waals surface area contributed by atoms with Crippen LogP contribution in [0.3, 0.4) is 0 Å². The van der Waals surface area contributed by atoms with Gasteiger partial charge >= 0.3 is 0 Å². The normalized spacial score (nSPS) is 28.8. The fraction of sp³-hybridized carbons (Fsp3) is 0.421. The molecule has 26 heavy (non-hydrogen) atoms. The van der Waals surface area contributed by atoms with Crippen molar-refractivity contribution in [2.24, 2.45) is 5.41 Å². The molecule has 7 heteroatoms. The molecule has 0 spiro atoms. The molecule has 7 nitrogen and oxygen atoms in total. The zero-order valence-electron chi connectivity index (χ0n) is 15.0. The van der Waals surface area contributed by atoms with Gasteiger partial charge in [0.2, 0.25) is 0 Å². The van der Waals surface area contributed by atoms with E-state index >= 15 is 0 Å². The van der Waals surface area contributed by atoms with E-state index < -0.39 is 34.6 Å². The molecule has 0 saturated carbocycles.